The molecule has 0 aliphatic heterocycles. The Labute approximate surface area is 176 Å². The predicted octanol–water partition coefficient (Wildman–Crippen LogP) is 4.50. The van der Waals surface area contributed by atoms with Crippen LogP contribution in [0.4, 0.5) is 0 Å². The normalized spacial score (nSPS) is 14.1. The van der Waals surface area contributed by atoms with Crippen molar-refractivity contribution < 1.29 is 14.3 Å². The van der Waals surface area contributed by atoms with E-state index in [1.807, 2.05) is 54.6 Å². The van der Waals surface area contributed by atoms with Gasteiger partial charge in [-0.25, -0.2) is 5.43 Å². The smallest absolute Gasteiger partial charge is 0.277 e. The molecule has 0 heterocycles. The van der Waals surface area contributed by atoms with E-state index in [-0.39, 0.29) is 12.5 Å². The maximum atomic E-state index is 12.1. The van der Waals surface area contributed by atoms with Gasteiger partial charge in [-0.05, 0) is 54.7 Å². The van der Waals surface area contributed by atoms with Crippen molar-refractivity contribution in [3.05, 3.63) is 95.6 Å². The molecule has 0 atom stereocenters. The third kappa shape index (κ3) is 5.26. The molecule has 1 aliphatic rings. The zero-order valence-corrected chi connectivity index (χ0v) is 16.7. The number of aryl methyl sites for hydroxylation is 1. The van der Waals surface area contributed by atoms with Crippen molar-refractivity contribution in [3.63, 3.8) is 0 Å². The van der Waals surface area contributed by atoms with Crippen LogP contribution in [0.25, 0.3) is 0 Å². The Bertz CT molecular complexity index is 1010. The topological polar surface area (TPSA) is 59.9 Å². The van der Waals surface area contributed by atoms with Gasteiger partial charge in [-0.15, -0.1) is 0 Å². The highest BCUT2D eigenvalue weighted by Crippen LogP contribution is 2.21. The van der Waals surface area contributed by atoms with Crippen LogP contribution in [0, 0.1) is 0 Å². The average Bonchev–Trinajstić information content (AvgIpc) is 2.81. The zero-order valence-electron chi connectivity index (χ0n) is 16.7. The van der Waals surface area contributed by atoms with Crippen molar-refractivity contribution >= 4 is 11.6 Å². The first kappa shape index (κ1) is 19.7. The minimum Gasteiger partial charge on any atom is -0.489 e. The molecule has 0 radical (unpaired) electrons. The first-order valence-corrected chi connectivity index (χ1v) is 10.1. The predicted molar refractivity (Wildman–Crippen MR) is 117 cm³/mol. The lowest BCUT2D eigenvalue weighted by atomic mass is 9.90. The summed E-state index contributed by atoms with van der Waals surface area (Å²) in [5, 5.41) is 4.32. The molecule has 0 unspecified atom stereocenters. The van der Waals surface area contributed by atoms with E-state index in [4.69, 9.17) is 9.47 Å². The SMILES string of the molecule is O=C(COc1ccc(OCc2ccccc2)cc1)N/N=C1/CCCc2ccccc21. The van der Waals surface area contributed by atoms with E-state index >= 15 is 0 Å². The first-order valence-electron chi connectivity index (χ1n) is 10.1. The van der Waals surface area contributed by atoms with Crippen LogP contribution < -0.4 is 14.9 Å². The summed E-state index contributed by atoms with van der Waals surface area (Å²) in [7, 11) is 0. The first-order chi connectivity index (χ1) is 14.8. The lowest BCUT2D eigenvalue weighted by Crippen LogP contribution is -2.26. The maximum Gasteiger partial charge on any atom is 0.277 e. The Kier molecular flexibility index (Phi) is 6.40. The Morgan fingerprint density at radius 3 is 2.33 bits per heavy atom. The van der Waals surface area contributed by atoms with Crippen LogP contribution in [0.2, 0.25) is 0 Å². The molecule has 0 saturated carbocycles. The second-order valence-corrected chi connectivity index (χ2v) is 7.14. The number of amides is 1. The molecule has 152 valence electrons. The molecular formula is C25H24N2O3. The lowest BCUT2D eigenvalue weighted by molar-refractivity contribution is -0.123. The molecule has 0 bridgehead atoms. The van der Waals surface area contributed by atoms with Gasteiger partial charge in [-0.1, -0.05) is 54.6 Å². The van der Waals surface area contributed by atoms with Crippen LogP contribution in [-0.2, 0) is 17.8 Å². The summed E-state index contributed by atoms with van der Waals surface area (Å²) in [5.41, 5.74) is 7.04. The van der Waals surface area contributed by atoms with Crippen LogP contribution in [-0.4, -0.2) is 18.2 Å². The van der Waals surface area contributed by atoms with Gasteiger partial charge in [0.05, 0.1) is 5.71 Å². The number of nitrogens with zero attached hydrogens (tertiary/aromatic N) is 1. The molecule has 1 N–H and O–H groups in total. The van der Waals surface area contributed by atoms with Crippen molar-refractivity contribution in [2.75, 3.05) is 6.61 Å². The fourth-order valence-corrected chi connectivity index (χ4v) is 3.40. The standard InChI is InChI=1S/C25H24N2O3/c28-25(27-26-24-12-6-10-20-9-4-5-11-23(20)24)18-30-22-15-13-21(14-16-22)29-17-19-7-2-1-3-8-19/h1-5,7-9,11,13-16H,6,10,12,17-18H2,(H,27,28)/b26-24-. The molecule has 1 aliphatic carbocycles. The molecule has 0 fully saturated rings. The third-order valence-electron chi connectivity index (χ3n) is 4.95. The number of fused-ring (bicyclic) bond motifs is 1. The van der Waals surface area contributed by atoms with Crippen LogP contribution >= 0.6 is 0 Å². The Morgan fingerprint density at radius 2 is 1.53 bits per heavy atom. The van der Waals surface area contributed by atoms with Gasteiger partial charge in [0.25, 0.3) is 5.91 Å². The summed E-state index contributed by atoms with van der Waals surface area (Å²) >= 11 is 0. The number of hydrogen-bond donors (Lipinski definition) is 1. The summed E-state index contributed by atoms with van der Waals surface area (Å²) in [6, 6.07) is 25.4. The highest BCUT2D eigenvalue weighted by Gasteiger charge is 2.15. The van der Waals surface area contributed by atoms with Crippen LogP contribution in [0.1, 0.15) is 29.5 Å². The average molecular weight is 400 g/mol. The van der Waals surface area contributed by atoms with Crippen molar-refractivity contribution in [2.24, 2.45) is 5.10 Å². The number of benzene rings is 3. The molecule has 4 rings (SSSR count). The van der Waals surface area contributed by atoms with E-state index in [0.717, 1.165) is 41.9 Å². The van der Waals surface area contributed by atoms with Gasteiger partial charge in [-0.3, -0.25) is 4.79 Å². The van der Waals surface area contributed by atoms with E-state index in [1.54, 1.807) is 12.1 Å². The third-order valence-corrected chi connectivity index (χ3v) is 4.95. The molecule has 0 spiro atoms. The molecule has 0 aromatic heterocycles. The quantitative estimate of drug-likeness (QED) is 0.594. The van der Waals surface area contributed by atoms with Crippen LogP contribution in [0.5, 0.6) is 11.5 Å². The fourth-order valence-electron chi connectivity index (χ4n) is 3.40. The maximum absolute atomic E-state index is 12.1. The molecule has 3 aromatic rings. The summed E-state index contributed by atoms with van der Waals surface area (Å²) in [6.45, 7) is 0.412. The van der Waals surface area contributed by atoms with Gasteiger partial charge in [0.2, 0.25) is 0 Å². The van der Waals surface area contributed by atoms with Gasteiger partial charge in [0.1, 0.15) is 18.1 Å². The monoisotopic (exact) mass is 400 g/mol. The number of carbonyl (C=O) groups is 1. The van der Waals surface area contributed by atoms with Gasteiger partial charge in [0.15, 0.2) is 6.61 Å². The van der Waals surface area contributed by atoms with E-state index in [2.05, 4.69) is 22.7 Å². The van der Waals surface area contributed by atoms with Gasteiger partial charge >= 0.3 is 0 Å². The zero-order chi connectivity index (χ0) is 20.6. The number of hydrazone groups is 1. The van der Waals surface area contributed by atoms with Crippen LogP contribution in [0.3, 0.4) is 0 Å². The second kappa shape index (κ2) is 9.74. The summed E-state index contributed by atoms with van der Waals surface area (Å²) in [5.74, 6) is 1.07. The lowest BCUT2D eigenvalue weighted by Gasteiger charge is -2.17. The van der Waals surface area contributed by atoms with Crippen molar-refractivity contribution in [3.8, 4) is 11.5 Å². The van der Waals surface area contributed by atoms with Crippen molar-refractivity contribution in [2.45, 2.75) is 25.9 Å². The molecular weight excluding hydrogens is 376 g/mol. The van der Waals surface area contributed by atoms with E-state index in [0.29, 0.717) is 12.4 Å². The second-order valence-electron chi connectivity index (χ2n) is 7.14. The van der Waals surface area contributed by atoms with E-state index < -0.39 is 0 Å². The number of carbonyl (C=O) groups excluding carboxylic acids is 1. The van der Waals surface area contributed by atoms with Crippen LogP contribution in [0.15, 0.2) is 84.0 Å². The molecule has 5 nitrogen and oxygen atoms in total. The minimum atomic E-state index is -0.282. The molecule has 5 heteroatoms. The summed E-state index contributed by atoms with van der Waals surface area (Å²) in [4.78, 5) is 12.1. The van der Waals surface area contributed by atoms with Crippen molar-refractivity contribution in [1.29, 1.82) is 0 Å². The summed E-state index contributed by atoms with van der Waals surface area (Å²) in [6.07, 6.45) is 2.96. The van der Waals surface area contributed by atoms with Crippen molar-refractivity contribution in [1.82, 2.24) is 5.43 Å². The number of hydrogen-bond acceptors (Lipinski definition) is 4. The van der Waals surface area contributed by atoms with Gasteiger partial charge < -0.3 is 9.47 Å². The number of ether oxygens (including phenoxy) is 2. The van der Waals surface area contributed by atoms with Gasteiger partial charge in [0, 0.05) is 5.56 Å². The van der Waals surface area contributed by atoms with E-state index in [1.165, 1.54) is 5.56 Å². The Hall–Kier alpha value is -3.60. The highest BCUT2D eigenvalue weighted by atomic mass is 16.5. The van der Waals surface area contributed by atoms with Gasteiger partial charge in [-0.2, -0.15) is 5.10 Å². The highest BCUT2D eigenvalue weighted by molar-refractivity contribution is 6.03. The van der Waals surface area contributed by atoms with E-state index in [9.17, 15) is 4.79 Å². The summed E-state index contributed by atoms with van der Waals surface area (Å²) < 4.78 is 11.3. The molecule has 3 aromatic carbocycles. The fraction of sp³-hybridized carbons (Fsp3) is 0.200. The number of nitrogens with one attached hydrogen (secondary N) is 1. The molecule has 30 heavy (non-hydrogen) atoms. The molecule has 0 saturated heterocycles. The number of rotatable bonds is 7. The largest absolute Gasteiger partial charge is 0.489 e. The Balaban J connectivity index is 1.25. The minimum absolute atomic E-state index is 0.0946. The Morgan fingerprint density at radius 1 is 0.833 bits per heavy atom. The molecule has 1 amide bonds.